The maximum absolute atomic E-state index is 2.26. The Morgan fingerprint density at radius 3 is 1.81 bits per heavy atom. The SMILES string of the molecule is CC(C)(C)c1ccc(-c2ccccc2-c2cccc3ccccc23)cc1. The molecule has 0 unspecified atom stereocenters. The van der Waals surface area contributed by atoms with Crippen LogP contribution in [0.3, 0.4) is 0 Å². The van der Waals surface area contributed by atoms with Crippen LogP contribution in [0.2, 0.25) is 0 Å². The zero-order valence-electron chi connectivity index (χ0n) is 15.7. The topological polar surface area (TPSA) is 0 Å². The standard InChI is InChI=1S/C26H24/c1-26(2,3)21-17-15-20(16-18-21)23-12-6-7-13-24(23)25-14-8-10-19-9-4-5-11-22(19)25/h4-18H,1-3H3. The molecule has 0 saturated heterocycles. The summed E-state index contributed by atoms with van der Waals surface area (Å²) >= 11 is 0. The normalized spacial score (nSPS) is 11.7. The minimum absolute atomic E-state index is 0.174. The van der Waals surface area contributed by atoms with Gasteiger partial charge in [0.25, 0.3) is 0 Å². The molecular weight excluding hydrogens is 312 g/mol. The van der Waals surface area contributed by atoms with Crippen molar-refractivity contribution in [2.75, 3.05) is 0 Å². The van der Waals surface area contributed by atoms with Gasteiger partial charge in [-0.3, -0.25) is 0 Å². The van der Waals surface area contributed by atoms with Crippen molar-refractivity contribution in [3.05, 3.63) is 96.6 Å². The molecule has 26 heavy (non-hydrogen) atoms. The van der Waals surface area contributed by atoms with Crippen LogP contribution in [-0.2, 0) is 5.41 Å². The van der Waals surface area contributed by atoms with Crippen molar-refractivity contribution in [1.82, 2.24) is 0 Å². The van der Waals surface area contributed by atoms with Gasteiger partial charge in [0.05, 0.1) is 0 Å². The largest absolute Gasteiger partial charge is 0.0616 e. The summed E-state index contributed by atoms with van der Waals surface area (Å²) in [5.41, 5.74) is 6.66. The van der Waals surface area contributed by atoms with E-state index in [0.717, 1.165) is 0 Å². The van der Waals surface area contributed by atoms with E-state index >= 15 is 0 Å². The highest BCUT2D eigenvalue weighted by Crippen LogP contribution is 2.36. The van der Waals surface area contributed by atoms with E-state index in [1.165, 1.54) is 38.6 Å². The quantitative estimate of drug-likeness (QED) is 0.356. The maximum Gasteiger partial charge on any atom is -0.00992 e. The molecule has 0 aliphatic carbocycles. The highest BCUT2D eigenvalue weighted by molar-refractivity contribution is 6.00. The number of benzene rings is 4. The molecule has 4 aromatic carbocycles. The lowest BCUT2D eigenvalue weighted by molar-refractivity contribution is 0.590. The highest BCUT2D eigenvalue weighted by atomic mass is 14.2. The van der Waals surface area contributed by atoms with Gasteiger partial charge in [-0.25, -0.2) is 0 Å². The fourth-order valence-corrected chi connectivity index (χ4v) is 3.58. The Morgan fingerprint density at radius 1 is 0.500 bits per heavy atom. The molecule has 0 aromatic heterocycles. The molecule has 4 aromatic rings. The number of hydrogen-bond acceptors (Lipinski definition) is 0. The highest BCUT2D eigenvalue weighted by Gasteiger charge is 2.14. The molecule has 0 nitrogen and oxygen atoms in total. The number of fused-ring (bicyclic) bond motifs is 1. The predicted octanol–water partition coefficient (Wildman–Crippen LogP) is 7.47. The van der Waals surface area contributed by atoms with Crippen LogP contribution < -0.4 is 0 Å². The molecule has 0 heterocycles. The Bertz CT molecular complexity index is 1040. The van der Waals surface area contributed by atoms with E-state index in [-0.39, 0.29) is 5.41 Å². The number of hydrogen-bond donors (Lipinski definition) is 0. The third kappa shape index (κ3) is 3.04. The van der Waals surface area contributed by atoms with E-state index in [0.29, 0.717) is 0 Å². The molecule has 0 heteroatoms. The lowest BCUT2D eigenvalue weighted by atomic mass is 9.85. The van der Waals surface area contributed by atoms with Gasteiger partial charge in [0.2, 0.25) is 0 Å². The molecule has 0 amide bonds. The Labute approximate surface area is 156 Å². The molecule has 0 aliphatic rings. The van der Waals surface area contributed by atoms with Crippen LogP contribution >= 0.6 is 0 Å². The molecule has 0 spiro atoms. The van der Waals surface area contributed by atoms with Crippen LogP contribution in [0.4, 0.5) is 0 Å². The molecular formula is C26H24. The van der Waals surface area contributed by atoms with Crippen LogP contribution in [0.25, 0.3) is 33.0 Å². The molecule has 4 rings (SSSR count). The van der Waals surface area contributed by atoms with Crippen LogP contribution in [0.15, 0.2) is 91.0 Å². The summed E-state index contributed by atoms with van der Waals surface area (Å²) in [6.45, 7) is 6.77. The van der Waals surface area contributed by atoms with Crippen LogP contribution in [0, 0.1) is 0 Å². The van der Waals surface area contributed by atoms with Crippen molar-refractivity contribution >= 4 is 10.8 Å². The summed E-state index contributed by atoms with van der Waals surface area (Å²) in [6, 6.07) is 32.9. The monoisotopic (exact) mass is 336 g/mol. The smallest absolute Gasteiger partial charge is 0.00992 e. The van der Waals surface area contributed by atoms with Crippen molar-refractivity contribution in [3.8, 4) is 22.3 Å². The average molecular weight is 336 g/mol. The fourth-order valence-electron chi connectivity index (χ4n) is 3.58. The summed E-state index contributed by atoms with van der Waals surface area (Å²) in [6.07, 6.45) is 0. The molecule has 0 N–H and O–H groups in total. The molecule has 0 aliphatic heterocycles. The van der Waals surface area contributed by atoms with E-state index < -0.39 is 0 Å². The second-order valence-corrected chi connectivity index (χ2v) is 7.90. The van der Waals surface area contributed by atoms with Crippen molar-refractivity contribution in [2.45, 2.75) is 26.2 Å². The summed E-state index contributed by atoms with van der Waals surface area (Å²) in [5.74, 6) is 0. The maximum atomic E-state index is 2.26. The summed E-state index contributed by atoms with van der Waals surface area (Å²) < 4.78 is 0. The van der Waals surface area contributed by atoms with E-state index in [9.17, 15) is 0 Å². The van der Waals surface area contributed by atoms with E-state index in [4.69, 9.17) is 0 Å². The Hall–Kier alpha value is -2.86. The van der Waals surface area contributed by atoms with Gasteiger partial charge < -0.3 is 0 Å². The minimum Gasteiger partial charge on any atom is -0.0616 e. The fraction of sp³-hybridized carbons (Fsp3) is 0.154. The Kier molecular flexibility index (Phi) is 4.12. The third-order valence-electron chi connectivity index (χ3n) is 5.07. The average Bonchev–Trinajstić information content (AvgIpc) is 2.67. The first-order valence-electron chi connectivity index (χ1n) is 9.22. The zero-order valence-corrected chi connectivity index (χ0v) is 15.7. The van der Waals surface area contributed by atoms with E-state index in [1.807, 2.05) is 0 Å². The van der Waals surface area contributed by atoms with Gasteiger partial charge in [-0.15, -0.1) is 0 Å². The lowest BCUT2D eigenvalue weighted by Crippen LogP contribution is -2.10. The van der Waals surface area contributed by atoms with Crippen molar-refractivity contribution < 1.29 is 0 Å². The van der Waals surface area contributed by atoms with Crippen LogP contribution in [-0.4, -0.2) is 0 Å². The van der Waals surface area contributed by atoms with E-state index in [1.54, 1.807) is 0 Å². The third-order valence-corrected chi connectivity index (χ3v) is 5.07. The molecule has 0 fully saturated rings. The number of rotatable bonds is 2. The van der Waals surface area contributed by atoms with Gasteiger partial charge >= 0.3 is 0 Å². The molecule has 0 bridgehead atoms. The predicted molar refractivity (Wildman–Crippen MR) is 114 cm³/mol. The molecule has 0 radical (unpaired) electrons. The van der Waals surface area contributed by atoms with Crippen LogP contribution in [0.1, 0.15) is 26.3 Å². The van der Waals surface area contributed by atoms with Gasteiger partial charge in [-0.05, 0) is 44.0 Å². The van der Waals surface area contributed by atoms with Crippen molar-refractivity contribution in [1.29, 1.82) is 0 Å². The second-order valence-electron chi connectivity index (χ2n) is 7.90. The van der Waals surface area contributed by atoms with E-state index in [2.05, 4.69) is 112 Å². The van der Waals surface area contributed by atoms with Crippen LogP contribution in [0.5, 0.6) is 0 Å². The van der Waals surface area contributed by atoms with Crippen molar-refractivity contribution in [3.63, 3.8) is 0 Å². The second kappa shape index (κ2) is 6.46. The lowest BCUT2D eigenvalue weighted by Gasteiger charge is -2.19. The first-order valence-corrected chi connectivity index (χ1v) is 9.22. The van der Waals surface area contributed by atoms with Gasteiger partial charge in [0.15, 0.2) is 0 Å². The summed E-state index contributed by atoms with van der Waals surface area (Å²) in [7, 11) is 0. The van der Waals surface area contributed by atoms with Gasteiger partial charge in [0, 0.05) is 0 Å². The van der Waals surface area contributed by atoms with Gasteiger partial charge in [-0.1, -0.05) is 112 Å². The Morgan fingerprint density at radius 2 is 1.08 bits per heavy atom. The first-order chi connectivity index (χ1) is 12.5. The minimum atomic E-state index is 0.174. The van der Waals surface area contributed by atoms with Crippen molar-refractivity contribution in [2.24, 2.45) is 0 Å². The molecule has 128 valence electrons. The molecule has 0 atom stereocenters. The molecule has 0 saturated carbocycles. The Balaban J connectivity index is 1.88. The zero-order chi connectivity index (χ0) is 18.1. The summed E-state index contributed by atoms with van der Waals surface area (Å²) in [5, 5.41) is 2.58. The van der Waals surface area contributed by atoms with Gasteiger partial charge in [0.1, 0.15) is 0 Å². The summed E-state index contributed by atoms with van der Waals surface area (Å²) in [4.78, 5) is 0. The first kappa shape index (κ1) is 16.6. The van der Waals surface area contributed by atoms with Gasteiger partial charge in [-0.2, -0.15) is 0 Å².